The minimum atomic E-state index is -0.547. The van der Waals surface area contributed by atoms with Crippen molar-refractivity contribution < 1.29 is 4.79 Å². The topological polar surface area (TPSA) is 55.1 Å². The van der Waals surface area contributed by atoms with E-state index in [2.05, 4.69) is 5.32 Å². The van der Waals surface area contributed by atoms with Gasteiger partial charge < -0.3 is 11.1 Å². The maximum Gasteiger partial charge on any atom is 0.312 e. The second-order valence-corrected chi connectivity index (χ2v) is 3.29. The van der Waals surface area contributed by atoms with E-state index in [1.165, 1.54) is 0 Å². The zero-order valence-electron chi connectivity index (χ0n) is 7.41. The van der Waals surface area contributed by atoms with Crippen LogP contribution in [0.15, 0.2) is 23.8 Å². The van der Waals surface area contributed by atoms with Crippen molar-refractivity contribution in [2.45, 2.75) is 19.4 Å². The van der Waals surface area contributed by atoms with Crippen LogP contribution in [0, 0.1) is 0 Å². The van der Waals surface area contributed by atoms with E-state index in [0.717, 1.165) is 12.0 Å². The Morgan fingerprint density at radius 1 is 1.69 bits per heavy atom. The van der Waals surface area contributed by atoms with Gasteiger partial charge in [0.05, 0.1) is 6.04 Å². The lowest BCUT2D eigenvalue weighted by molar-refractivity contribution is 0.249. The normalized spacial score (nSPS) is 21.2. The Labute approximate surface area is 82.7 Å². The lowest BCUT2D eigenvalue weighted by atomic mass is 10.0. The Hall–Kier alpha value is -1.16. The molecule has 0 radical (unpaired) electrons. The molecule has 3 N–H and O–H groups in total. The third kappa shape index (κ3) is 2.66. The highest BCUT2D eigenvalue weighted by atomic mass is 32.1. The second-order valence-electron chi connectivity index (χ2n) is 2.82. The Morgan fingerprint density at radius 3 is 2.92 bits per heavy atom. The van der Waals surface area contributed by atoms with Crippen LogP contribution in [-0.4, -0.2) is 16.9 Å². The third-order valence-electron chi connectivity index (χ3n) is 1.85. The third-order valence-corrected chi connectivity index (χ3v) is 2.24. The van der Waals surface area contributed by atoms with Gasteiger partial charge in [0.25, 0.3) is 0 Å². The van der Waals surface area contributed by atoms with E-state index in [9.17, 15) is 4.79 Å². The van der Waals surface area contributed by atoms with Crippen LogP contribution in [0.5, 0.6) is 0 Å². The van der Waals surface area contributed by atoms with Crippen LogP contribution in [0.4, 0.5) is 4.79 Å². The van der Waals surface area contributed by atoms with Crippen molar-refractivity contribution in [3.63, 3.8) is 0 Å². The summed E-state index contributed by atoms with van der Waals surface area (Å²) in [5.74, 6) is 0. The van der Waals surface area contributed by atoms with Crippen LogP contribution < -0.4 is 11.1 Å². The van der Waals surface area contributed by atoms with Crippen LogP contribution in [-0.2, 0) is 0 Å². The molecular weight excluding hydrogens is 184 g/mol. The van der Waals surface area contributed by atoms with Gasteiger partial charge >= 0.3 is 6.03 Å². The van der Waals surface area contributed by atoms with Crippen molar-refractivity contribution in [2.75, 3.05) is 0 Å². The largest absolute Gasteiger partial charge is 0.352 e. The number of allylic oxidation sites excluding steroid dienone is 2. The average molecular weight is 196 g/mol. The number of hydrogen-bond acceptors (Lipinski definition) is 2. The summed E-state index contributed by atoms with van der Waals surface area (Å²) in [6, 6.07) is -0.762. The fourth-order valence-corrected chi connectivity index (χ4v) is 1.34. The molecular formula is C9H12N2OS. The summed E-state index contributed by atoms with van der Waals surface area (Å²) in [6.45, 7) is 2.05. The molecule has 0 aliphatic heterocycles. The SMILES string of the molecule is CCC1=CC(NC(N)=O)C(=S)C=C1. The Bertz CT molecular complexity index is 294. The molecule has 0 saturated heterocycles. The smallest absolute Gasteiger partial charge is 0.312 e. The molecule has 13 heavy (non-hydrogen) atoms. The molecule has 0 aromatic heterocycles. The number of nitrogens with one attached hydrogen (secondary N) is 1. The van der Waals surface area contributed by atoms with Crippen molar-refractivity contribution in [3.05, 3.63) is 23.8 Å². The maximum atomic E-state index is 10.6. The number of rotatable bonds is 2. The quantitative estimate of drug-likeness (QED) is 0.654. The van der Waals surface area contributed by atoms with E-state index in [1.807, 2.05) is 25.2 Å². The molecule has 0 fully saturated rings. The predicted molar refractivity (Wildman–Crippen MR) is 56.6 cm³/mol. The van der Waals surface area contributed by atoms with Crippen LogP contribution in [0.2, 0.25) is 0 Å². The van der Waals surface area contributed by atoms with Crippen LogP contribution in [0.25, 0.3) is 0 Å². The number of carbonyl (C=O) groups is 1. The van der Waals surface area contributed by atoms with Gasteiger partial charge in [-0.25, -0.2) is 4.79 Å². The highest BCUT2D eigenvalue weighted by Gasteiger charge is 2.14. The van der Waals surface area contributed by atoms with Crippen molar-refractivity contribution in [1.82, 2.24) is 5.32 Å². The molecule has 0 saturated carbocycles. The Kier molecular flexibility index (Phi) is 3.19. The number of urea groups is 1. The van der Waals surface area contributed by atoms with Gasteiger partial charge in [0.1, 0.15) is 0 Å². The molecule has 1 atom stereocenters. The zero-order valence-corrected chi connectivity index (χ0v) is 8.23. The van der Waals surface area contributed by atoms with E-state index in [-0.39, 0.29) is 6.04 Å². The molecule has 0 aromatic carbocycles. The van der Waals surface area contributed by atoms with E-state index < -0.39 is 6.03 Å². The lowest BCUT2D eigenvalue weighted by Gasteiger charge is -2.17. The highest BCUT2D eigenvalue weighted by Crippen LogP contribution is 2.11. The maximum absolute atomic E-state index is 10.6. The summed E-state index contributed by atoms with van der Waals surface area (Å²) >= 11 is 5.04. The minimum absolute atomic E-state index is 0.215. The van der Waals surface area contributed by atoms with E-state index >= 15 is 0 Å². The predicted octanol–water partition coefficient (Wildman–Crippen LogP) is 1.30. The molecule has 4 heteroatoms. The van der Waals surface area contributed by atoms with Gasteiger partial charge in [-0.1, -0.05) is 31.3 Å². The first kappa shape index (κ1) is 9.92. The van der Waals surface area contributed by atoms with Gasteiger partial charge in [0, 0.05) is 4.86 Å². The summed E-state index contributed by atoms with van der Waals surface area (Å²) in [6.07, 6.45) is 6.64. The number of carbonyl (C=O) groups excluding carboxylic acids is 1. The molecule has 0 heterocycles. The molecule has 1 rings (SSSR count). The Balaban J connectivity index is 2.73. The minimum Gasteiger partial charge on any atom is -0.352 e. The number of amides is 2. The Morgan fingerprint density at radius 2 is 2.38 bits per heavy atom. The van der Waals surface area contributed by atoms with E-state index in [4.69, 9.17) is 18.0 Å². The van der Waals surface area contributed by atoms with Gasteiger partial charge in [-0.15, -0.1) is 0 Å². The van der Waals surface area contributed by atoms with E-state index in [1.54, 1.807) is 0 Å². The summed E-state index contributed by atoms with van der Waals surface area (Å²) in [4.78, 5) is 11.3. The van der Waals surface area contributed by atoms with Gasteiger partial charge in [-0.05, 0) is 18.1 Å². The standard InChI is InChI=1S/C9H12N2OS/c1-2-6-3-4-8(13)7(5-6)11-9(10)12/h3-5,7H,2H2,1H3,(H3,10,11,12). The first-order valence-electron chi connectivity index (χ1n) is 4.12. The number of thiocarbonyl (C=S) groups is 1. The molecule has 0 spiro atoms. The van der Waals surface area contributed by atoms with Crippen molar-refractivity contribution >= 4 is 23.1 Å². The zero-order chi connectivity index (χ0) is 9.84. The molecule has 3 nitrogen and oxygen atoms in total. The number of hydrogen-bond donors (Lipinski definition) is 2. The summed E-state index contributed by atoms with van der Waals surface area (Å²) in [5.41, 5.74) is 6.17. The van der Waals surface area contributed by atoms with Gasteiger partial charge in [-0.3, -0.25) is 0 Å². The number of primary amides is 1. The number of nitrogens with two attached hydrogens (primary N) is 1. The average Bonchev–Trinajstić information content (AvgIpc) is 2.08. The first-order valence-corrected chi connectivity index (χ1v) is 4.53. The molecule has 1 aliphatic carbocycles. The van der Waals surface area contributed by atoms with Gasteiger partial charge in [-0.2, -0.15) is 0 Å². The fraction of sp³-hybridized carbons (Fsp3) is 0.333. The molecule has 0 aromatic rings. The lowest BCUT2D eigenvalue weighted by Crippen LogP contribution is -2.42. The van der Waals surface area contributed by atoms with Crippen molar-refractivity contribution in [3.8, 4) is 0 Å². The molecule has 1 unspecified atom stereocenters. The molecule has 1 aliphatic rings. The fourth-order valence-electron chi connectivity index (χ4n) is 1.15. The summed E-state index contributed by atoms with van der Waals surface area (Å²) < 4.78 is 0. The second kappa shape index (κ2) is 4.18. The van der Waals surface area contributed by atoms with Crippen molar-refractivity contribution in [1.29, 1.82) is 0 Å². The van der Waals surface area contributed by atoms with Crippen LogP contribution >= 0.6 is 12.2 Å². The van der Waals surface area contributed by atoms with Crippen molar-refractivity contribution in [2.24, 2.45) is 5.73 Å². The monoisotopic (exact) mass is 196 g/mol. The summed E-state index contributed by atoms with van der Waals surface area (Å²) in [5, 5.41) is 2.57. The van der Waals surface area contributed by atoms with Crippen LogP contribution in [0.3, 0.4) is 0 Å². The molecule has 2 amide bonds. The highest BCUT2D eigenvalue weighted by molar-refractivity contribution is 7.80. The van der Waals surface area contributed by atoms with E-state index in [0.29, 0.717) is 4.86 Å². The molecule has 70 valence electrons. The van der Waals surface area contributed by atoms with Gasteiger partial charge in [0.2, 0.25) is 0 Å². The first-order chi connectivity index (χ1) is 6.13. The van der Waals surface area contributed by atoms with Gasteiger partial charge in [0.15, 0.2) is 0 Å². The molecule has 0 bridgehead atoms. The van der Waals surface area contributed by atoms with Crippen LogP contribution in [0.1, 0.15) is 13.3 Å². The summed E-state index contributed by atoms with van der Waals surface area (Å²) in [7, 11) is 0.